The van der Waals surface area contributed by atoms with Gasteiger partial charge in [-0.25, -0.2) is 5.09 Å². The van der Waals surface area contributed by atoms with E-state index in [0.717, 1.165) is 24.3 Å². The van der Waals surface area contributed by atoms with Crippen molar-refractivity contribution in [2.75, 3.05) is 19.5 Å². The first-order chi connectivity index (χ1) is 16.2. The minimum atomic E-state index is -3.98. The number of nitrogens with zero attached hydrogens (tertiary/aromatic N) is 1. The summed E-state index contributed by atoms with van der Waals surface area (Å²) in [5.41, 5.74) is -1.96. The Morgan fingerprint density at radius 2 is 2.03 bits per heavy atom. The van der Waals surface area contributed by atoms with E-state index >= 15 is 0 Å². The maximum absolute atomic E-state index is 13.4. The molecular formula is C20H31N2O11PS. The molecule has 0 saturated carbocycles. The van der Waals surface area contributed by atoms with Crippen molar-refractivity contribution in [2.45, 2.75) is 70.3 Å². The monoisotopic (exact) mass is 538 g/mol. The van der Waals surface area contributed by atoms with Gasteiger partial charge in [-0.15, -0.1) is 0 Å². The number of carbonyl (C=O) groups excluding carboxylic acids is 4. The number of nitrogens with one attached hydrogen (secondary N) is 1. The zero-order valence-electron chi connectivity index (χ0n) is 20.0. The molecule has 0 aromatic rings. The first-order valence-corrected chi connectivity index (χ1v) is 13.9. The van der Waals surface area contributed by atoms with Crippen LogP contribution in [0.1, 0.15) is 34.1 Å². The molecule has 0 bridgehead atoms. The first-order valence-electron chi connectivity index (χ1n) is 10.7. The van der Waals surface area contributed by atoms with E-state index in [1.165, 1.54) is 13.8 Å². The second-order valence-electron chi connectivity index (χ2n) is 8.44. The van der Waals surface area contributed by atoms with Gasteiger partial charge in [-0.3, -0.25) is 28.6 Å². The van der Waals surface area contributed by atoms with Crippen LogP contribution in [0.2, 0.25) is 0 Å². The number of ketones is 1. The third kappa shape index (κ3) is 7.59. The number of amides is 1. The molecule has 3 N–H and O–H groups in total. The molecule has 0 spiro atoms. The van der Waals surface area contributed by atoms with Gasteiger partial charge in [0.25, 0.3) is 0 Å². The number of aliphatic hydroxyl groups is 2. The summed E-state index contributed by atoms with van der Waals surface area (Å²) in [5, 5.41) is 24.0. The van der Waals surface area contributed by atoms with E-state index in [-0.39, 0.29) is 5.75 Å². The zero-order valence-corrected chi connectivity index (χ0v) is 21.7. The van der Waals surface area contributed by atoms with Gasteiger partial charge in [-0.1, -0.05) is 0 Å². The van der Waals surface area contributed by atoms with Crippen LogP contribution in [0.4, 0.5) is 0 Å². The Bertz CT molecular complexity index is 910. The number of esters is 2. The molecule has 13 nitrogen and oxygen atoms in total. The van der Waals surface area contributed by atoms with E-state index in [9.17, 15) is 34.0 Å². The molecule has 0 radical (unpaired) electrons. The lowest BCUT2D eigenvalue weighted by atomic mass is 9.95. The molecule has 2 aliphatic heterocycles. The Morgan fingerprint density at radius 1 is 1.37 bits per heavy atom. The molecule has 0 unspecified atom stereocenters. The fourth-order valence-electron chi connectivity index (χ4n) is 3.24. The number of rotatable bonds is 11. The van der Waals surface area contributed by atoms with Gasteiger partial charge in [-0.2, -0.15) is 0 Å². The summed E-state index contributed by atoms with van der Waals surface area (Å²) in [4.78, 5) is 48.5. The minimum Gasteiger partial charge on any atom is -0.468 e. The first kappa shape index (κ1) is 29.4. The lowest BCUT2D eigenvalue weighted by Crippen LogP contribution is -2.54. The summed E-state index contributed by atoms with van der Waals surface area (Å²) < 4.78 is 34.2. The van der Waals surface area contributed by atoms with Crippen LogP contribution < -0.4 is 5.09 Å². The largest absolute Gasteiger partial charge is 0.468 e. The van der Waals surface area contributed by atoms with Crippen LogP contribution in [0.15, 0.2) is 12.3 Å². The zero-order chi connectivity index (χ0) is 26.6. The van der Waals surface area contributed by atoms with Crippen molar-refractivity contribution in [3.8, 4) is 0 Å². The Kier molecular flexibility index (Phi) is 10.1. The maximum Gasteiger partial charge on any atom is 0.327 e. The molecule has 2 aliphatic rings. The number of carbonyl (C=O) groups is 4. The Morgan fingerprint density at radius 3 is 2.60 bits per heavy atom. The molecule has 1 amide bonds. The molecule has 2 rings (SSSR count). The Labute approximate surface area is 206 Å². The molecule has 0 aromatic heterocycles. The second kappa shape index (κ2) is 12.0. The fraction of sp³-hybridized carbons (Fsp3) is 0.700. The highest BCUT2D eigenvalue weighted by Gasteiger charge is 2.56. The van der Waals surface area contributed by atoms with Gasteiger partial charge in [0, 0.05) is 6.20 Å². The molecule has 15 heteroatoms. The third-order valence-corrected chi connectivity index (χ3v) is 9.02. The van der Waals surface area contributed by atoms with Crippen molar-refractivity contribution >= 4 is 41.7 Å². The average Bonchev–Trinajstić information content (AvgIpc) is 2.99. The summed E-state index contributed by atoms with van der Waals surface area (Å²) >= 11 is 0.562. The fourth-order valence-corrected chi connectivity index (χ4v) is 6.71. The quantitative estimate of drug-likeness (QED) is 0.183. The van der Waals surface area contributed by atoms with Gasteiger partial charge < -0.3 is 28.9 Å². The van der Waals surface area contributed by atoms with Crippen LogP contribution in [-0.2, 0) is 42.5 Å². The Hall–Kier alpha value is -1.80. The summed E-state index contributed by atoms with van der Waals surface area (Å²) in [5.74, 6) is -2.81. The predicted molar refractivity (Wildman–Crippen MR) is 123 cm³/mol. The summed E-state index contributed by atoms with van der Waals surface area (Å²) in [7, 11) is 1.15. The van der Waals surface area contributed by atoms with Crippen molar-refractivity contribution in [1.82, 2.24) is 9.99 Å². The third-order valence-electron chi connectivity index (χ3n) is 5.09. The second-order valence-corrected chi connectivity index (χ2v) is 12.7. The summed E-state index contributed by atoms with van der Waals surface area (Å²) in [6.45, 7) is 1.41. The van der Waals surface area contributed by atoms with Gasteiger partial charge in [-0.05, 0) is 45.2 Å². The van der Waals surface area contributed by atoms with Crippen molar-refractivity contribution < 1.29 is 52.7 Å². The maximum atomic E-state index is 13.4. The van der Waals surface area contributed by atoms with E-state index in [1.54, 1.807) is 13.8 Å². The molecule has 0 aromatic carbocycles. The van der Waals surface area contributed by atoms with Crippen molar-refractivity contribution in [3.05, 3.63) is 12.3 Å². The van der Waals surface area contributed by atoms with Crippen LogP contribution in [0.25, 0.3) is 0 Å². The number of hydrogen-bond donors (Lipinski definition) is 3. The highest BCUT2D eigenvalue weighted by Crippen LogP contribution is 2.56. The van der Waals surface area contributed by atoms with E-state index in [1.807, 2.05) is 0 Å². The van der Waals surface area contributed by atoms with Gasteiger partial charge in [0.05, 0.1) is 26.2 Å². The van der Waals surface area contributed by atoms with E-state index in [2.05, 4.69) is 9.82 Å². The average molecular weight is 539 g/mol. The molecule has 35 heavy (non-hydrogen) atoms. The predicted octanol–water partition coefficient (Wildman–Crippen LogP) is 0.0989. The number of ether oxygens (including phenoxy) is 3. The normalized spacial score (nSPS) is 29.3. The van der Waals surface area contributed by atoms with Crippen LogP contribution >= 0.6 is 18.1 Å². The van der Waals surface area contributed by atoms with Gasteiger partial charge in [0.2, 0.25) is 5.91 Å². The van der Waals surface area contributed by atoms with Crippen LogP contribution in [-0.4, -0.2) is 94.4 Å². The van der Waals surface area contributed by atoms with Crippen molar-refractivity contribution in [3.63, 3.8) is 0 Å². The summed E-state index contributed by atoms with van der Waals surface area (Å²) in [6, 6.07) is -1.08. The van der Waals surface area contributed by atoms with Crippen LogP contribution in [0, 0.1) is 0 Å². The standard InChI is InChI=1S/C20H31N2O11PS/c1-11(2)32-18(27)12(3)21-34(29,35-10-16(25)30-5)31-9-14-17(26)20(4,28)19(33-14)22-7-6-13(23)8-15(22)24/h6-7,11-12,14,17,19,26,28H,8-10H2,1-5H3,(H,21,29)/t12-,14-,17-,19-,20-,34-/m1/s1. The molecule has 0 aliphatic carbocycles. The highest BCUT2D eigenvalue weighted by molar-refractivity contribution is 8.56. The Balaban J connectivity index is 2.15. The number of allylic oxidation sites excluding steroid dienone is 1. The van der Waals surface area contributed by atoms with Crippen molar-refractivity contribution in [2.24, 2.45) is 0 Å². The van der Waals surface area contributed by atoms with Gasteiger partial charge >= 0.3 is 18.7 Å². The number of aliphatic hydroxyl groups excluding tert-OH is 1. The number of methoxy groups -OCH3 is 1. The SMILES string of the molecule is COC(=O)CS[P@@](=O)(N[C@H](C)C(=O)OC(C)C)OC[C@H]1O[C@@H](N2C=CC(=O)CC2=O)[C@](C)(O)[C@@H]1O. The number of hydrogen-bond acceptors (Lipinski definition) is 12. The summed E-state index contributed by atoms with van der Waals surface area (Å²) in [6.07, 6.45) is -2.71. The smallest absolute Gasteiger partial charge is 0.327 e. The minimum absolute atomic E-state index is 0.373. The molecule has 2 heterocycles. The van der Waals surface area contributed by atoms with E-state index in [0.29, 0.717) is 11.4 Å². The lowest BCUT2D eigenvalue weighted by Gasteiger charge is -2.34. The molecule has 6 atom stereocenters. The van der Waals surface area contributed by atoms with E-state index < -0.39 is 79.6 Å². The molecule has 1 saturated heterocycles. The van der Waals surface area contributed by atoms with Crippen molar-refractivity contribution in [1.29, 1.82) is 0 Å². The van der Waals surface area contributed by atoms with Gasteiger partial charge in [0.15, 0.2) is 12.0 Å². The molecule has 1 fully saturated rings. The van der Waals surface area contributed by atoms with E-state index in [4.69, 9.17) is 14.0 Å². The molecule has 198 valence electrons. The highest BCUT2D eigenvalue weighted by atomic mass is 32.7. The van der Waals surface area contributed by atoms with Crippen LogP contribution in [0.5, 0.6) is 0 Å². The molecular weight excluding hydrogens is 507 g/mol. The lowest BCUT2D eigenvalue weighted by molar-refractivity contribution is -0.158. The van der Waals surface area contributed by atoms with Gasteiger partial charge in [0.1, 0.15) is 29.6 Å². The van der Waals surface area contributed by atoms with Crippen LogP contribution in [0.3, 0.4) is 0 Å². The topological polar surface area (TPSA) is 178 Å².